The first kappa shape index (κ1) is 23.8. The van der Waals surface area contributed by atoms with Crippen LogP contribution in [-0.2, 0) is 15.8 Å². The number of hydrogen-bond donors (Lipinski definition) is 0. The van der Waals surface area contributed by atoms with Gasteiger partial charge in [-0.1, -0.05) is 30.3 Å². The van der Waals surface area contributed by atoms with Gasteiger partial charge in [0.25, 0.3) is 0 Å². The minimum Gasteiger partial charge on any atom is -0.759 e. The van der Waals surface area contributed by atoms with Crippen LogP contribution in [0.2, 0.25) is 0 Å². The molecule has 0 aliphatic carbocycles. The summed E-state index contributed by atoms with van der Waals surface area (Å²) < 4.78 is 36.4. The number of benzene rings is 2. The van der Waals surface area contributed by atoms with Gasteiger partial charge in [0.05, 0.1) is 5.41 Å². The molecule has 0 fully saturated rings. The molecule has 0 atom stereocenters. The molecule has 7 heteroatoms. The molecular formula is C23H29N2O4S-. The van der Waals surface area contributed by atoms with Crippen LogP contribution in [0.3, 0.4) is 0 Å². The van der Waals surface area contributed by atoms with E-state index in [1.54, 1.807) is 0 Å². The van der Waals surface area contributed by atoms with Crippen LogP contribution in [0.1, 0.15) is 38.8 Å². The molecule has 0 radical (unpaired) electrons. The molecule has 3 rings (SSSR count). The van der Waals surface area contributed by atoms with Gasteiger partial charge < -0.3 is 14.0 Å². The third-order valence-electron chi connectivity index (χ3n) is 5.40. The van der Waals surface area contributed by atoms with E-state index in [2.05, 4.69) is 105 Å². The van der Waals surface area contributed by atoms with E-state index in [0.717, 1.165) is 13.1 Å². The first-order valence-electron chi connectivity index (χ1n) is 9.89. The van der Waals surface area contributed by atoms with Gasteiger partial charge in [0.15, 0.2) is 5.71 Å². The van der Waals surface area contributed by atoms with Gasteiger partial charge in [0.1, 0.15) is 7.05 Å². The van der Waals surface area contributed by atoms with Crippen molar-refractivity contribution < 1.29 is 22.1 Å². The Morgan fingerprint density at radius 3 is 2.00 bits per heavy atom. The molecule has 30 heavy (non-hydrogen) atoms. The minimum atomic E-state index is -5.17. The maximum atomic E-state index is 8.52. The van der Waals surface area contributed by atoms with E-state index in [-0.39, 0.29) is 5.41 Å². The molecule has 2 aromatic carbocycles. The summed E-state index contributed by atoms with van der Waals surface area (Å²) in [7, 11) is -3.00. The first-order valence-corrected chi connectivity index (χ1v) is 11.2. The number of para-hydroxylation sites is 1. The predicted octanol–water partition coefficient (Wildman–Crippen LogP) is 3.91. The third kappa shape index (κ3) is 5.78. The Kier molecular flexibility index (Phi) is 7.58. The fourth-order valence-corrected chi connectivity index (χ4v) is 3.86. The Morgan fingerprint density at radius 1 is 0.967 bits per heavy atom. The lowest BCUT2D eigenvalue weighted by atomic mass is 9.81. The second-order valence-electron chi connectivity index (χ2n) is 7.59. The highest BCUT2D eigenvalue weighted by atomic mass is 32.3. The molecule has 0 saturated heterocycles. The molecule has 6 nitrogen and oxygen atoms in total. The zero-order valence-corrected chi connectivity index (χ0v) is 18.9. The Morgan fingerprint density at radius 2 is 1.50 bits per heavy atom. The van der Waals surface area contributed by atoms with Gasteiger partial charge in [-0.15, -0.1) is 0 Å². The second-order valence-corrected chi connectivity index (χ2v) is 8.41. The summed E-state index contributed by atoms with van der Waals surface area (Å²) in [5.41, 5.74) is 6.60. The van der Waals surface area contributed by atoms with E-state index >= 15 is 0 Å². The van der Waals surface area contributed by atoms with E-state index in [4.69, 9.17) is 17.5 Å². The highest BCUT2D eigenvalue weighted by molar-refractivity contribution is 7.79. The molecule has 0 saturated carbocycles. The lowest BCUT2D eigenvalue weighted by Crippen LogP contribution is -2.26. The zero-order valence-electron chi connectivity index (χ0n) is 18.1. The molecular weight excluding hydrogens is 400 g/mol. The maximum absolute atomic E-state index is 8.52. The SMILES string of the molecule is CCN(CC)c1ccc(/C=C/C2=[N+](C)c3ccccc3C2(C)C)cc1.O=S(=O)([O-])[O-]. The summed E-state index contributed by atoms with van der Waals surface area (Å²) in [6.45, 7) is 11.1. The monoisotopic (exact) mass is 429 g/mol. The average molecular weight is 430 g/mol. The Labute approximate surface area is 179 Å². The lowest BCUT2D eigenvalue weighted by Gasteiger charge is -2.20. The van der Waals surface area contributed by atoms with Gasteiger partial charge >= 0.3 is 0 Å². The van der Waals surface area contributed by atoms with Crippen LogP contribution in [0.5, 0.6) is 0 Å². The Balaban J connectivity index is 0.000000575. The molecule has 2 aromatic rings. The highest BCUT2D eigenvalue weighted by Gasteiger charge is 2.42. The van der Waals surface area contributed by atoms with Crippen LogP contribution >= 0.6 is 0 Å². The van der Waals surface area contributed by atoms with E-state index in [1.165, 1.54) is 28.2 Å². The lowest BCUT2D eigenvalue weighted by molar-refractivity contribution is -0.401. The Bertz CT molecular complexity index is 1030. The molecule has 0 N–H and O–H groups in total. The van der Waals surface area contributed by atoms with E-state index in [0.29, 0.717) is 0 Å². The van der Waals surface area contributed by atoms with Gasteiger partial charge in [-0.25, -0.2) is 0 Å². The summed E-state index contributed by atoms with van der Waals surface area (Å²) in [5.74, 6) is 0. The molecule has 1 aliphatic rings. The first-order chi connectivity index (χ1) is 14.0. The summed E-state index contributed by atoms with van der Waals surface area (Å²) >= 11 is 0. The third-order valence-corrected chi connectivity index (χ3v) is 5.40. The number of anilines is 1. The van der Waals surface area contributed by atoms with Gasteiger partial charge in [-0.05, 0) is 51.5 Å². The maximum Gasteiger partial charge on any atom is 0.209 e. The molecule has 1 aliphatic heterocycles. The molecule has 0 aromatic heterocycles. The summed E-state index contributed by atoms with van der Waals surface area (Å²) in [5, 5.41) is 0. The van der Waals surface area contributed by atoms with Crippen LogP contribution in [0.15, 0.2) is 54.6 Å². The van der Waals surface area contributed by atoms with Crippen molar-refractivity contribution in [1.82, 2.24) is 0 Å². The molecule has 1 heterocycles. The van der Waals surface area contributed by atoms with Crippen molar-refractivity contribution in [2.75, 3.05) is 25.0 Å². The largest absolute Gasteiger partial charge is 0.759 e. The van der Waals surface area contributed by atoms with Gasteiger partial charge in [0.2, 0.25) is 5.69 Å². The molecule has 0 spiro atoms. The van der Waals surface area contributed by atoms with Crippen molar-refractivity contribution in [3.8, 4) is 0 Å². The van der Waals surface area contributed by atoms with Crippen molar-refractivity contribution in [1.29, 1.82) is 0 Å². The number of hydrogen-bond acceptors (Lipinski definition) is 5. The predicted molar refractivity (Wildman–Crippen MR) is 120 cm³/mol. The summed E-state index contributed by atoms with van der Waals surface area (Å²) in [4.78, 5) is 2.37. The molecule has 0 bridgehead atoms. The quantitative estimate of drug-likeness (QED) is 0.408. The second kappa shape index (κ2) is 9.55. The highest BCUT2D eigenvalue weighted by Crippen LogP contribution is 2.39. The van der Waals surface area contributed by atoms with Gasteiger partial charge in [0, 0.05) is 46.9 Å². The van der Waals surface area contributed by atoms with Crippen molar-refractivity contribution in [3.05, 3.63) is 65.7 Å². The van der Waals surface area contributed by atoms with Crippen molar-refractivity contribution in [3.63, 3.8) is 0 Å². The average Bonchev–Trinajstić information content (AvgIpc) is 2.87. The van der Waals surface area contributed by atoms with Gasteiger partial charge in [-0.3, -0.25) is 8.42 Å². The number of fused-ring (bicyclic) bond motifs is 1. The van der Waals surface area contributed by atoms with Crippen molar-refractivity contribution in [2.45, 2.75) is 33.1 Å². The number of allylic oxidation sites excluding steroid dienone is 1. The molecule has 162 valence electrons. The zero-order chi connectivity index (χ0) is 22.5. The van der Waals surface area contributed by atoms with Crippen LogP contribution in [0.25, 0.3) is 6.08 Å². The van der Waals surface area contributed by atoms with Gasteiger partial charge in [-0.2, -0.15) is 4.58 Å². The van der Waals surface area contributed by atoms with Crippen LogP contribution in [-0.4, -0.2) is 47.9 Å². The van der Waals surface area contributed by atoms with E-state index in [9.17, 15) is 0 Å². The van der Waals surface area contributed by atoms with Crippen molar-refractivity contribution in [2.24, 2.45) is 0 Å². The van der Waals surface area contributed by atoms with Crippen molar-refractivity contribution >= 4 is 33.6 Å². The Hall–Kier alpha value is -2.48. The van der Waals surface area contributed by atoms with Crippen LogP contribution in [0.4, 0.5) is 11.4 Å². The fourth-order valence-electron chi connectivity index (χ4n) is 3.86. The smallest absolute Gasteiger partial charge is 0.209 e. The summed E-state index contributed by atoms with van der Waals surface area (Å²) in [6.07, 6.45) is 4.50. The number of rotatable bonds is 5. The minimum absolute atomic E-state index is 0.0308. The normalized spacial score (nSPS) is 15.0. The number of nitrogens with zero attached hydrogens (tertiary/aromatic N) is 2. The summed E-state index contributed by atoms with van der Waals surface area (Å²) in [6, 6.07) is 17.5. The van der Waals surface area contributed by atoms with Crippen LogP contribution < -0.4 is 4.90 Å². The standard InChI is InChI=1S/C23H29N2.H2O4S/c1-6-25(7-2)19-15-12-18(13-16-19)14-17-22-23(3,4)20-10-8-9-11-21(20)24(22)5;1-5(2,3)4/h8-17H,6-7H2,1-5H3;(H2,1,2,3,4)/q+1;/p-2. The van der Waals surface area contributed by atoms with E-state index in [1.807, 2.05) is 0 Å². The van der Waals surface area contributed by atoms with E-state index < -0.39 is 10.4 Å². The molecule has 0 unspecified atom stereocenters. The fraction of sp³-hybridized carbons (Fsp3) is 0.348. The van der Waals surface area contributed by atoms with Crippen LogP contribution in [0, 0.1) is 0 Å². The topological polar surface area (TPSA) is 86.5 Å². The molecule has 0 amide bonds.